The minimum absolute atomic E-state index is 0. The fraction of sp³-hybridized carbons (Fsp3) is 0.120. The molecule has 29 heavy (non-hydrogen) atoms. The Bertz CT molecular complexity index is 1080. The van der Waals surface area contributed by atoms with Crippen molar-refractivity contribution in [1.29, 1.82) is 0 Å². The van der Waals surface area contributed by atoms with E-state index < -0.39 is 19.4 Å². The minimum atomic E-state index is -2.64. The third kappa shape index (κ3) is 4.06. The maximum absolute atomic E-state index is 2.71. The van der Waals surface area contributed by atoms with Gasteiger partial charge in [-0.1, -0.05) is 0 Å². The van der Waals surface area contributed by atoms with Gasteiger partial charge in [-0.3, -0.25) is 0 Å². The molecule has 0 spiro atoms. The Balaban J connectivity index is 0.00000120. The van der Waals surface area contributed by atoms with Gasteiger partial charge in [0.2, 0.25) is 0 Å². The Hall–Kier alpha value is -1.18. The predicted octanol–water partition coefficient (Wildman–Crippen LogP) is 5.18. The number of hydrogen-bond donors (Lipinski definition) is 0. The normalized spacial score (nSPS) is 15.8. The van der Waals surface area contributed by atoms with Crippen molar-refractivity contribution >= 4 is 39.9 Å². The van der Waals surface area contributed by atoms with E-state index in [1.54, 1.807) is 17.3 Å². The summed E-state index contributed by atoms with van der Waals surface area (Å²) in [6, 6.07) is 27.5. The molecule has 0 radical (unpaired) electrons. The van der Waals surface area contributed by atoms with Crippen molar-refractivity contribution in [3.05, 3.63) is 105 Å². The first-order chi connectivity index (χ1) is 13.3. The summed E-state index contributed by atoms with van der Waals surface area (Å²) in [5, 5.41) is 1.64. The van der Waals surface area contributed by atoms with Crippen molar-refractivity contribution in [3.8, 4) is 11.1 Å². The molecule has 4 heteroatoms. The number of halogens is 2. The standard InChI is InChI=1S/C13H9.C6H7Si.C5H5.CH3.2ClH.Zr/c1-3-7-12-10(5-1)9-11-6-2-4-8-13(11)12;7-6-4-2-1-3-5-6;1-2-4-5-3-1;;;;/h1-5,7-8H,9H2;1-5H,7H2;1-3H,4H2;1H3;2*1H;. The molecular formula is C25H26Cl2SiZr. The Labute approximate surface area is 192 Å². The van der Waals surface area contributed by atoms with Gasteiger partial charge in [-0.2, -0.15) is 0 Å². The molecule has 0 aromatic heterocycles. The van der Waals surface area contributed by atoms with Crippen LogP contribution < -0.4 is 8.46 Å². The zero-order chi connectivity index (χ0) is 18.3. The van der Waals surface area contributed by atoms with Gasteiger partial charge in [0.25, 0.3) is 0 Å². The third-order valence-electron chi connectivity index (χ3n) is 6.33. The summed E-state index contributed by atoms with van der Waals surface area (Å²) in [4.78, 5) is 0. The second-order valence-electron chi connectivity index (χ2n) is 7.98. The van der Waals surface area contributed by atoms with E-state index in [9.17, 15) is 0 Å². The molecule has 0 aliphatic heterocycles. The van der Waals surface area contributed by atoms with Gasteiger partial charge in [-0.05, 0) is 0 Å². The summed E-state index contributed by atoms with van der Waals surface area (Å²) in [5.74, 6) is 0. The van der Waals surface area contributed by atoms with Gasteiger partial charge >= 0.3 is 169 Å². The van der Waals surface area contributed by atoms with E-state index in [1.807, 2.05) is 0 Å². The van der Waals surface area contributed by atoms with Crippen LogP contribution in [0.5, 0.6) is 0 Å². The van der Waals surface area contributed by atoms with Crippen molar-refractivity contribution in [2.24, 2.45) is 0 Å². The molecule has 0 saturated carbocycles. The molecule has 0 nitrogen and oxygen atoms in total. The topological polar surface area (TPSA) is 0 Å². The number of allylic oxidation sites excluding steroid dienone is 4. The van der Waals surface area contributed by atoms with E-state index in [2.05, 4.69) is 95.7 Å². The van der Waals surface area contributed by atoms with Crippen LogP contribution in [-0.2, 0) is 25.8 Å². The molecule has 0 bridgehead atoms. The van der Waals surface area contributed by atoms with Crippen LogP contribution in [-0.4, -0.2) is 6.65 Å². The van der Waals surface area contributed by atoms with Gasteiger partial charge < -0.3 is 0 Å². The Morgan fingerprint density at radius 3 is 2.28 bits per heavy atom. The molecule has 3 aromatic carbocycles. The summed E-state index contributed by atoms with van der Waals surface area (Å²) in [7, 11) is 0. The average Bonchev–Trinajstić information content (AvgIpc) is 3.37. The van der Waals surface area contributed by atoms with Gasteiger partial charge in [0, 0.05) is 0 Å². The maximum atomic E-state index is 2.71. The summed E-state index contributed by atoms with van der Waals surface area (Å²) in [6.45, 7) is -0.324. The van der Waals surface area contributed by atoms with Gasteiger partial charge in [0.1, 0.15) is 0 Å². The molecule has 148 valence electrons. The first-order valence-electron chi connectivity index (χ1n) is 9.86. The molecule has 0 heterocycles. The Kier molecular flexibility index (Phi) is 7.23. The van der Waals surface area contributed by atoms with Crippen LogP contribution >= 0.6 is 24.8 Å². The summed E-state index contributed by atoms with van der Waals surface area (Å²) < 4.78 is 6.28. The molecule has 1 atom stereocenters. The zero-order valence-electron chi connectivity index (χ0n) is 16.6. The monoisotopic (exact) mass is 514 g/mol. The predicted molar refractivity (Wildman–Crippen MR) is 131 cm³/mol. The van der Waals surface area contributed by atoms with Gasteiger partial charge in [0.15, 0.2) is 0 Å². The second-order valence-corrected chi connectivity index (χ2v) is 29.6. The van der Waals surface area contributed by atoms with Crippen LogP contribution in [0.1, 0.15) is 17.5 Å². The van der Waals surface area contributed by atoms with Crippen LogP contribution in [0.3, 0.4) is 0 Å². The average molecular weight is 517 g/mol. The molecule has 5 rings (SSSR count). The van der Waals surface area contributed by atoms with Crippen LogP contribution in [0.25, 0.3) is 11.1 Å². The van der Waals surface area contributed by atoms with Crippen LogP contribution in [0.2, 0.25) is 4.63 Å². The van der Waals surface area contributed by atoms with E-state index in [0.29, 0.717) is 0 Å². The quantitative estimate of drug-likeness (QED) is 0.328. The van der Waals surface area contributed by atoms with E-state index in [4.69, 9.17) is 0 Å². The fourth-order valence-electron chi connectivity index (χ4n) is 4.92. The summed E-state index contributed by atoms with van der Waals surface area (Å²) in [6.07, 6.45) is 9.43. The van der Waals surface area contributed by atoms with Crippen LogP contribution in [0.15, 0.2) is 94.3 Å². The second kappa shape index (κ2) is 9.31. The van der Waals surface area contributed by atoms with Crippen LogP contribution in [0.4, 0.5) is 0 Å². The van der Waals surface area contributed by atoms with Gasteiger partial charge in [0.05, 0.1) is 0 Å². The fourth-order valence-corrected chi connectivity index (χ4v) is 27.7. The summed E-state index contributed by atoms with van der Waals surface area (Å²) >= 11 is -2.64. The molecule has 0 fully saturated rings. The number of fused-ring (bicyclic) bond motifs is 3. The van der Waals surface area contributed by atoms with E-state index in [1.165, 1.54) is 23.1 Å². The first-order valence-corrected chi connectivity index (χ1v) is 21.4. The third-order valence-corrected chi connectivity index (χ3v) is 29.5. The van der Waals surface area contributed by atoms with Crippen molar-refractivity contribution in [3.63, 3.8) is 0 Å². The first kappa shape index (κ1) is 22.5. The molecular weight excluding hydrogens is 490 g/mol. The van der Waals surface area contributed by atoms with E-state index >= 15 is 0 Å². The van der Waals surface area contributed by atoms with E-state index in [0.717, 1.165) is 6.42 Å². The van der Waals surface area contributed by atoms with E-state index in [-0.39, 0.29) is 31.5 Å². The Morgan fingerprint density at radius 1 is 0.793 bits per heavy atom. The Morgan fingerprint density at radius 2 is 1.52 bits per heavy atom. The molecule has 0 amide bonds. The van der Waals surface area contributed by atoms with Gasteiger partial charge in [-0.25, -0.2) is 0 Å². The SMILES string of the molecule is Cl.Cl.[CH3][Zr]([SiH2]c1ccccc1)([C]1=CC=CC1)[c]1cccc2c1Cc1ccccc1-2. The van der Waals surface area contributed by atoms with Crippen molar-refractivity contribution in [2.75, 3.05) is 0 Å². The molecule has 1 unspecified atom stereocenters. The molecule has 0 saturated heterocycles. The zero-order valence-corrected chi connectivity index (χ0v) is 22.1. The molecule has 2 aliphatic rings. The summed E-state index contributed by atoms with van der Waals surface area (Å²) in [5.41, 5.74) is 6.12. The van der Waals surface area contributed by atoms with Gasteiger partial charge in [-0.15, -0.1) is 24.8 Å². The molecule has 3 aromatic rings. The van der Waals surface area contributed by atoms with Crippen molar-refractivity contribution < 1.29 is 19.4 Å². The van der Waals surface area contributed by atoms with Crippen LogP contribution in [0, 0.1) is 0 Å². The van der Waals surface area contributed by atoms with Crippen molar-refractivity contribution in [2.45, 2.75) is 17.5 Å². The number of rotatable bonds is 4. The number of benzene rings is 3. The molecule has 0 N–H and O–H groups in total. The molecule has 2 aliphatic carbocycles. The number of hydrogen-bond acceptors (Lipinski definition) is 0. The van der Waals surface area contributed by atoms with Crippen molar-refractivity contribution in [1.82, 2.24) is 0 Å².